The summed E-state index contributed by atoms with van der Waals surface area (Å²) in [5.74, 6) is 0. The normalized spacial score (nSPS) is 11.6. The molecule has 0 aliphatic heterocycles. The molecule has 72 valence electrons. The highest BCUT2D eigenvalue weighted by molar-refractivity contribution is 9.09. The second-order valence-corrected chi connectivity index (χ2v) is 4.88. The number of alkyl halides is 1. The second kappa shape index (κ2) is 4.28. The molecular weight excluding hydrogens is 256 g/mol. The zero-order chi connectivity index (χ0) is 9.97. The fraction of sp³-hybridized carbons (Fsp3) is 0.167. The predicted molar refractivity (Wildman–Crippen MR) is 69.4 cm³/mol. The van der Waals surface area contributed by atoms with E-state index in [0.717, 1.165) is 5.33 Å². The van der Waals surface area contributed by atoms with Crippen molar-refractivity contribution in [2.24, 2.45) is 0 Å². The summed E-state index contributed by atoms with van der Waals surface area (Å²) in [5.41, 5.74) is 1.39. The average molecular weight is 267 g/mol. The van der Waals surface area contributed by atoms with E-state index in [1.54, 1.807) is 0 Å². The van der Waals surface area contributed by atoms with Gasteiger partial charge in [0.05, 0.1) is 0 Å². The molecule has 0 bridgehead atoms. The first-order valence-corrected chi connectivity index (χ1v) is 6.47. The highest BCUT2D eigenvalue weighted by Gasteiger charge is 2.03. The lowest BCUT2D eigenvalue weighted by atomic mass is 10.1. The lowest BCUT2D eigenvalue weighted by molar-refractivity contribution is 1.57. The van der Waals surface area contributed by atoms with E-state index in [0.29, 0.717) is 0 Å². The molecule has 2 aromatic rings. The lowest BCUT2D eigenvalue weighted by Crippen LogP contribution is -1.70. The molecule has 1 heterocycles. The minimum atomic E-state index is 0.917. The van der Waals surface area contributed by atoms with E-state index in [9.17, 15) is 0 Å². The fourth-order valence-electron chi connectivity index (χ4n) is 1.50. The predicted octanol–water partition coefficient (Wildman–Crippen LogP) is 4.62. The maximum absolute atomic E-state index is 3.39. The van der Waals surface area contributed by atoms with Crippen LogP contribution in [0.1, 0.15) is 10.4 Å². The summed E-state index contributed by atoms with van der Waals surface area (Å²) in [7, 11) is 0. The van der Waals surface area contributed by atoms with Gasteiger partial charge >= 0.3 is 0 Å². The molecular formula is C12H11BrS. The van der Waals surface area contributed by atoms with Gasteiger partial charge in [0.15, 0.2) is 0 Å². The molecule has 0 fully saturated rings. The smallest absolute Gasteiger partial charge is 0.0351 e. The molecule has 0 amide bonds. The average Bonchev–Trinajstić information content (AvgIpc) is 2.54. The molecule has 1 aromatic heterocycles. The summed E-state index contributed by atoms with van der Waals surface area (Å²) < 4.78 is 1.37. The molecule has 0 saturated heterocycles. The summed E-state index contributed by atoms with van der Waals surface area (Å²) in [6.07, 6.45) is 4.33. The highest BCUT2D eigenvalue weighted by Crippen LogP contribution is 2.31. The maximum atomic E-state index is 3.39. The van der Waals surface area contributed by atoms with E-state index >= 15 is 0 Å². The molecule has 2 rings (SSSR count). The molecule has 0 aliphatic carbocycles. The molecule has 0 spiro atoms. The van der Waals surface area contributed by atoms with Crippen LogP contribution in [-0.4, -0.2) is 5.33 Å². The Morgan fingerprint density at radius 1 is 1.36 bits per heavy atom. The third-order valence-electron chi connectivity index (χ3n) is 2.24. The monoisotopic (exact) mass is 266 g/mol. The molecule has 14 heavy (non-hydrogen) atoms. The first kappa shape index (κ1) is 9.94. The Morgan fingerprint density at radius 2 is 2.14 bits per heavy atom. The number of hydrogen-bond acceptors (Lipinski definition) is 1. The number of hydrogen-bond donors (Lipinski definition) is 0. The molecule has 0 radical (unpaired) electrons. The molecule has 0 saturated carbocycles. The van der Waals surface area contributed by atoms with Crippen molar-refractivity contribution in [3.05, 3.63) is 40.8 Å². The van der Waals surface area contributed by atoms with E-state index in [1.165, 1.54) is 20.5 Å². The van der Waals surface area contributed by atoms with Crippen LogP contribution >= 0.6 is 27.3 Å². The van der Waals surface area contributed by atoms with Crippen molar-refractivity contribution < 1.29 is 0 Å². The topological polar surface area (TPSA) is 0 Å². The Kier molecular flexibility index (Phi) is 3.04. The van der Waals surface area contributed by atoms with Crippen LogP contribution in [0.15, 0.2) is 30.3 Å². The van der Waals surface area contributed by atoms with E-state index in [-0.39, 0.29) is 0 Å². The van der Waals surface area contributed by atoms with Gasteiger partial charge in [0, 0.05) is 14.9 Å². The van der Waals surface area contributed by atoms with Crippen LogP contribution in [0, 0.1) is 6.92 Å². The number of aryl methyl sites for hydroxylation is 1. The third-order valence-corrected chi connectivity index (χ3v) is 3.85. The van der Waals surface area contributed by atoms with Gasteiger partial charge in [-0.15, -0.1) is 11.3 Å². The van der Waals surface area contributed by atoms with Crippen molar-refractivity contribution in [2.75, 3.05) is 5.33 Å². The van der Waals surface area contributed by atoms with Gasteiger partial charge in [0.25, 0.3) is 0 Å². The minimum absolute atomic E-state index is 0.917. The number of benzene rings is 1. The fourth-order valence-corrected chi connectivity index (χ4v) is 2.83. The minimum Gasteiger partial charge on any atom is -0.136 e. The lowest BCUT2D eigenvalue weighted by Gasteiger charge is -1.90. The summed E-state index contributed by atoms with van der Waals surface area (Å²) in [5, 5.41) is 2.30. The maximum Gasteiger partial charge on any atom is 0.0351 e. The quantitative estimate of drug-likeness (QED) is 0.696. The first-order chi connectivity index (χ1) is 6.83. The van der Waals surface area contributed by atoms with Crippen LogP contribution in [-0.2, 0) is 0 Å². The van der Waals surface area contributed by atoms with Gasteiger partial charge in [-0.1, -0.05) is 40.2 Å². The number of halogens is 1. The van der Waals surface area contributed by atoms with Crippen LogP contribution < -0.4 is 0 Å². The largest absolute Gasteiger partial charge is 0.136 e. The van der Waals surface area contributed by atoms with Gasteiger partial charge < -0.3 is 0 Å². The first-order valence-electron chi connectivity index (χ1n) is 4.53. The number of rotatable bonds is 2. The van der Waals surface area contributed by atoms with Gasteiger partial charge in [0.2, 0.25) is 0 Å². The van der Waals surface area contributed by atoms with Crippen LogP contribution in [0.3, 0.4) is 0 Å². The van der Waals surface area contributed by atoms with Crippen molar-refractivity contribution in [3.63, 3.8) is 0 Å². The van der Waals surface area contributed by atoms with Gasteiger partial charge in [-0.3, -0.25) is 0 Å². The van der Waals surface area contributed by atoms with Crippen LogP contribution in [0.5, 0.6) is 0 Å². The van der Waals surface area contributed by atoms with Gasteiger partial charge in [-0.05, 0) is 30.0 Å². The Morgan fingerprint density at radius 3 is 2.86 bits per heavy atom. The van der Waals surface area contributed by atoms with Crippen LogP contribution in [0.4, 0.5) is 0 Å². The number of allylic oxidation sites excluding steroid dienone is 1. The van der Waals surface area contributed by atoms with E-state index < -0.39 is 0 Å². The zero-order valence-corrected chi connectivity index (χ0v) is 10.4. The summed E-state index contributed by atoms with van der Waals surface area (Å²) >= 11 is 5.25. The van der Waals surface area contributed by atoms with E-state index in [2.05, 4.69) is 59.3 Å². The van der Waals surface area contributed by atoms with Gasteiger partial charge in [-0.25, -0.2) is 0 Å². The van der Waals surface area contributed by atoms with Crippen LogP contribution in [0.25, 0.3) is 16.2 Å². The Hall–Kier alpha value is -0.600. The van der Waals surface area contributed by atoms with Gasteiger partial charge in [0.1, 0.15) is 0 Å². The highest BCUT2D eigenvalue weighted by atomic mass is 79.9. The number of thiophene rings is 1. The SMILES string of the molecule is Cc1c(C=CCBr)sc2ccccc12. The van der Waals surface area contributed by atoms with Crippen molar-refractivity contribution in [1.82, 2.24) is 0 Å². The third kappa shape index (κ3) is 1.77. The van der Waals surface area contributed by atoms with Gasteiger partial charge in [-0.2, -0.15) is 0 Å². The Bertz CT molecular complexity index is 468. The zero-order valence-electron chi connectivity index (χ0n) is 7.96. The summed E-state index contributed by atoms with van der Waals surface area (Å²) in [6, 6.07) is 8.56. The Balaban J connectivity index is 2.57. The van der Waals surface area contributed by atoms with E-state index in [1.807, 2.05) is 11.3 Å². The molecule has 0 aliphatic rings. The van der Waals surface area contributed by atoms with Crippen molar-refractivity contribution in [3.8, 4) is 0 Å². The second-order valence-electron chi connectivity index (χ2n) is 3.14. The van der Waals surface area contributed by atoms with Crippen molar-refractivity contribution in [1.29, 1.82) is 0 Å². The molecule has 0 unspecified atom stereocenters. The van der Waals surface area contributed by atoms with Crippen LogP contribution in [0.2, 0.25) is 0 Å². The Labute approximate surface area is 96.4 Å². The number of fused-ring (bicyclic) bond motifs is 1. The molecule has 2 heteroatoms. The molecule has 0 atom stereocenters. The van der Waals surface area contributed by atoms with E-state index in [4.69, 9.17) is 0 Å². The summed E-state index contributed by atoms with van der Waals surface area (Å²) in [6.45, 7) is 2.19. The standard InChI is InChI=1S/C12H11BrS/c1-9-10-5-2-3-6-12(10)14-11(9)7-4-8-13/h2-7H,8H2,1H3. The molecule has 1 aromatic carbocycles. The molecule has 0 N–H and O–H groups in total. The molecule has 0 nitrogen and oxygen atoms in total. The van der Waals surface area contributed by atoms with Crippen molar-refractivity contribution in [2.45, 2.75) is 6.92 Å². The van der Waals surface area contributed by atoms with Crippen molar-refractivity contribution >= 4 is 43.4 Å². The summed E-state index contributed by atoms with van der Waals surface area (Å²) in [4.78, 5) is 1.37.